The van der Waals surface area contributed by atoms with Crippen LogP contribution in [0.2, 0.25) is 0 Å². The Balaban J connectivity index is 1.72. The number of aryl methyl sites for hydroxylation is 1. The molecular formula is C24H28N2O2. The topological polar surface area (TPSA) is 62.6 Å². The van der Waals surface area contributed by atoms with Crippen molar-refractivity contribution in [2.24, 2.45) is 5.73 Å². The van der Waals surface area contributed by atoms with E-state index in [0.29, 0.717) is 11.8 Å². The van der Waals surface area contributed by atoms with Crippen LogP contribution in [0.3, 0.4) is 0 Å². The first-order chi connectivity index (χ1) is 13.5. The Morgan fingerprint density at radius 2 is 2.00 bits per heavy atom. The Labute approximate surface area is 166 Å². The molecule has 1 saturated heterocycles. The van der Waals surface area contributed by atoms with Crippen LogP contribution in [0, 0.1) is 6.92 Å². The predicted molar refractivity (Wildman–Crippen MR) is 114 cm³/mol. The Hall–Kier alpha value is -2.56. The van der Waals surface area contributed by atoms with Crippen LogP contribution < -0.4 is 5.73 Å². The summed E-state index contributed by atoms with van der Waals surface area (Å²) in [6.07, 6.45) is 4.70. The summed E-state index contributed by atoms with van der Waals surface area (Å²) in [5, 5.41) is 12.1. The van der Waals surface area contributed by atoms with Gasteiger partial charge in [-0.1, -0.05) is 18.2 Å². The third-order valence-corrected chi connectivity index (χ3v) is 5.61. The fraction of sp³-hybridized carbons (Fsp3) is 0.333. The van der Waals surface area contributed by atoms with Gasteiger partial charge in [-0.2, -0.15) is 0 Å². The minimum absolute atomic E-state index is 0.303. The second kappa shape index (κ2) is 7.82. The molecule has 0 radical (unpaired) electrons. The van der Waals surface area contributed by atoms with Crippen molar-refractivity contribution < 1.29 is 9.52 Å². The van der Waals surface area contributed by atoms with Crippen molar-refractivity contribution in [3.05, 3.63) is 65.9 Å². The molecule has 0 amide bonds. The van der Waals surface area contributed by atoms with Crippen molar-refractivity contribution in [2.45, 2.75) is 38.8 Å². The van der Waals surface area contributed by atoms with E-state index in [0.717, 1.165) is 77.9 Å². The van der Waals surface area contributed by atoms with Gasteiger partial charge in [0.1, 0.15) is 17.1 Å². The molecule has 1 aliphatic rings. The number of hydrogen-bond acceptors (Lipinski definition) is 4. The SMILES string of the molecule is C=CCc1cc(CN2CCC(N)CC2)c(O)c(-c2ccc3oc(C)cc3c2)c1. The standard InChI is InChI=1S/C24H28N2O2/c1-3-4-17-12-20(15-26-9-7-21(25)8-10-26)24(27)22(13-17)18-5-6-23-19(14-18)11-16(2)28-23/h3,5-6,11-14,21,27H,1,4,7-10,15,25H2,2H3. The van der Waals surface area contributed by atoms with Gasteiger partial charge in [-0.3, -0.25) is 4.90 Å². The summed E-state index contributed by atoms with van der Waals surface area (Å²) < 4.78 is 5.69. The van der Waals surface area contributed by atoms with E-state index in [-0.39, 0.29) is 0 Å². The average molecular weight is 377 g/mol. The first kappa shape index (κ1) is 18.8. The molecule has 0 spiro atoms. The molecule has 3 aromatic rings. The van der Waals surface area contributed by atoms with Gasteiger partial charge in [0.05, 0.1) is 0 Å². The molecule has 146 valence electrons. The molecule has 1 aliphatic heterocycles. The number of likely N-dealkylation sites (tertiary alicyclic amines) is 1. The quantitative estimate of drug-likeness (QED) is 0.630. The summed E-state index contributed by atoms with van der Waals surface area (Å²) in [6, 6.07) is 12.6. The van der Waals surface area contributed by atoms with E-state index in [1.54, 1.807) is 0 Å². The maximum Gasteiger partial charge on any atom is 0.134 e. The van der Waals surface area contributed by atoms with Crippen LogP contribution in [-0.2, 0) is 13.0 Å². The molecule has 1 fully saturated rings. The summed E-state index contributed by atoms with van der Waals surface area (Å²) in [5.41, 5.74) is 10.9. The summed E-state index contributed by atoms with van der Waals surface area (Å²) >= 11 is 0. The normalized spacial score (nSPS) is 15.9. The van der Waals surface area contributed by atoms with Gasteiger partial charge in [-0.05, 0) is 74.7 Å². The monoisotopic (exact) mass is 376 g/mol. The van der Waals surface area contributed by atoms with Crippen LogP contribution in [0.1, 0.15) is 29.7 Å². The molecule has 0 saturated carbocycles. The van der Waals surface area contributed by atoms with E-state index in [9.17, 15) is 5.11 Å². The fourth-order valence-electron chi connectivity index (χ4n) is 4.08. The van der Waals surface area contributed by atoms with Crippen LogP contribution in [0.4, 0.5) is 0 Å². The lowest BCUT2D eigenvalue weighted by Crippen LogP contribution is -2.39. The number of nitrogens with two attached hydrogens (primary N) is 1. The molecular weight excluding hydrogens is 348 g/mol. The summed E-state index contributed by atoms with van der Waals surface area (Å²) in [7, 11) is 0. The number of nitrogens with zero attached hydrogens (tertiary/aromatic N) is 1. The number of rotatable bonds is 5. The van der Waals surface area contributed by atoms with Gasteiger partial charge >= 0.3 is 0 Å². The van der Waals surface area contributed by atoms with Crippen molar-refractivity contribution >= 4 is 11.0 Å². The summed E-state index contributed by atoms with van der Waals surface area (Å²) in [6.45, 7) is 8.52. The molecule has 0 bridgehead atoms. The lowest BCUT2D eigenvalue weighted by atomic mass is 9.95. The lowest BCUT2D eigenvalue weighted by molar-refractivity contribution is 0.203. The molecule has 2 aromatic carbocycles. The zero-order valence-electron chi connectivity index (χ0n) is 16.4. The van der Waals surface area contributed by atoms with Crippen LogP contribution in [0.5, 0.6) is 5.75 Å². The summed E-state index contributed by atoms with van der Waals surface area (Å²) in [5.74, 6) is 1.25. The number of benzene rings is 2. The second-order valence-corrected chi connectivity index (χ2v) is 7.87. The smallest absolute Gasteiger partial charge is 0.134 e. The Morgan fingerprint density at radius 1 is 1.21 bits per heavy atom. The average Bonchev–Trinajstić information content (AvgIpc) is 3.05. The minimum Gasteiger partial charge on any atom is -0.507 e. The van der Waals surface area contributed by atoms with Crippen LogP contribution in [0.15, 0.2) is 53.5 Å². The molecule has 0 unspecified atom stereocenters. The van der Waals surface area contributed by atoms with Crippen LogP contribution >= 0.6 is 0 Å². The number of hydrogen-bond donors (Lipinski definition) is 2. The van der Waals surface area contributed by atoms with Gasteiger partial charge in [0.15, 0.2) is 0 Å². The molecule has 2 heterocycles. The third kappa shape index (κ3) is 3.84. The zero-order chi connectivity index (χ0) is 19.7. The van der Waals surface area contributed by atoms with Crippen LogP contribution in [0.25, 0.3) is 22.1 Å². The van der Waals surface area contributed by atoms with Gasteiger partial charge in [0.25, 0.3) is 0 Å². The Morgan fingerprint density at radius 3 is 2.75 bits per heavy atom. The van der Waals surface area contributed by atoms with E-state index < -0.39 is 0 Å². The van der Waals surface area contributed by atoms with Gasteiger partial charge in [-0.25, -0.2) is 0 Å². The van der Waals surface area contributed by atoms with Gasteiger partial charge < -0.3 is 15.3 Å². The highest BCUT2D eigenvalue weighted by atomic mass is 16.3. The fourth-order valence-corrected chi connectivity index (χ4v) is 4.08. The van der Waals surface area contributed by atoms with Crippen molar-refractivity contribution in [1.29, 1.82) is 0 Å². The van der Waals surface area contributed by atoms with Crippen molar-refractivity contribution in [2.75, 3.05) is 13.1 Å². The number of phenols is 1. The highest BCUT2D eigenvalue weighted by Crippen LogP contribution is 2.36. The zero-order valence-corrected chi connectivity index (χ0v) is 16.4. The number of piperidine rings is 1. The Kier molecular flexibility index (Phi) is 5.25. The third-order valence-electron chi connectivity index (χ3n) is 5.61. The van der Waals surface area contributed by atoms with Crippen molar-refractivity contribution in [1.82, 2.24) is 4.90 Å². The number of fused-ring (bicyclic) bond motifs is 1. The molecule has 0 atom stereocenters. The van der Waals surface area contributed by atoms with Gasteiger partial charge in [-0.15, -0.1) is 6.58 Å². The first-order valence-corrected chi connectivity index (χ1v) is 9.97. The van der Waals surface area contributed by atoms with E-state index >= 15 is 0 Å². The first-order valence-electron chi connectivity index (χ1n) is 9.97. The molecule has 3 N–H and O–H groups in total. The number of furan rings is 1. The molecule has 4 heteroatoms. The number of phenolic OH excluding ortho intramolecular Hbond substituents is 1. The van der Waals surface area contributed by atoms with Crippen LogP contribution in [-0.4, -0.2) is 29.1 Å². The van der Waals surface area contributed by atoms with E-state index in [1.165, 1.54) is 0 Å². The molecule has 1 aromatic heterocycles. The highest BCUT2D eigenvalue weighted by molar-refractivity contribution is 5.86. The predicted octanol–water partition coefficient (Wildman–Crippen LogP) is 4.77. The minimum atomic E-state index is 0.303. The lowest BCUT2D eigenvalue weighted by Gasteiger charge is -2.30. The molecule has 0 aliphatic carbocycles. The number of allylic oxidation sites excluding steroid dienone is 1. The molecule has 28 heavy (non-hydrogen) atoms. The summed E-state index contributed by atoms with van der Waals surface area (Å²) in [4.78, 5) is 2.38. The largest absolute Gasteiger partial charge is 0.507 e. The molecule has 4 rings (SSSR count). The molecule has 4 nitrogen and oxygen atoms in total. The van der Waals surface area contributed by atoms with E-state index in [1.807, 2.05) is 31.2 Å². The Bertz CT molecular complexity index is 997. The van der Waals surface area contributed by atoms with Gasteiger partial charge in [0, 0.05) is 29.1 Å². The van der Waals surface area contributed by atoms with Crippen molar-refractivity contribution in [3.8, 4) is 16.9 Å². The highest BCUT2D eigenvalue weighted by Gasteiger charge is 2.19. The van der Waals surface area contributed by atoms with Gasteiger partial charge in [0.2, 0.25) is 0 Å². The maximum atomic E-state index is 11.1. The van der Waals surface area contributed by atoms with E-state index in [2.05, 4.69) is 29.7 Å². The van der Waals surface area contributed by atoms with E-state index in [4.69, 9.17) is 10.2 Å². The second-order valence-electron chi connectivity index (χ2n) is 7.87. The maximum absolute atomic E-state index is 11.1. The van der Waals surface area contributed by atoms with Crippen molar-refractivity contribution in [3.63, 3.8) is 0 Å². The number of aromatic hydroxyl groups is 1.